The van der Waals surface area contributed by atoms with E-state index in [2.05, 4.69) is 24.6 Å². The lowest BCUT2D eigenvalue weighted by molar-refractivity contribution is 0.589. The van der Waals surface area contributed by atoms with E-state index in [1.54, 1.807) is 5.56 Å². The summed E-state index contributed by atoms with van der Waals surface area (Å²) >= 11 is 1.84. The summed E-state index contributed by atoms with van der Waals surface area (Å²) in [7, 11) is 0. The van der Waals surface area contributed by atoms with Crippen LogP contribution >= 0.6 is 11.3 Å². The lowest BCUT2D eigenvalue weighted by Gasteiger charge is -2.01. The highest BCUT2D eigenvalue weighted by molar-refractivity contribution is 7.08. The Labute approximate surface area is 98.7 Å². The summed E-state index contributed by atoms with van der Waals surface area (Å²) in [5.41, 5.74) is 3.07. The molecule has 0 aliphatic carbocycles. The summed E-state index contributed by atoms with van der Waals surface area (Å²) in [4.78, 5) is 0. The van der Waals surface area contributed by atoms with Gasteiger partial charge in [-0.15, -0.1) is 0 Å². The lowest BCUT2D eigenvalue weighted by atomic mass is 10.0. The van der Waals surface area contributed by atoms with E-state index < -0.39 is 0 Å². The van der Waals surface area contributed by atoms with Crippen molar-refractivity contribution < 1.29 is 0 Å². The first-order valence-corrected chi connectivity index (χ1v) is 7.30. The number of hydrogen-bond donors (Lipinski definition) is 0. The van der Waals surface area contributed by atoms with Gasteiger partial charge in [0, 0.05) is 0 Å². The van der Waals surface area contributed by atoms with E-state index in [4.69, 9.17) is 0 Å². The van der Waals surface area contributed by atoms with Gasteiger partial charge in [-0.05, 0) is 41.7 Å². The molecule has 0 saturated carbocycles. The fraction of sp³-hybridized carbons (Fsp3) is 0.714. The molecule has 0 bridgehead atoms. The number of hydrogen-bond acceptors (Lipinski definition) is 1. The number of aryl methyl sites for hydroxylation is 2. The Morgan fingerprint density at radius 1 is 0.933 bits per heavy atom. The van der Waals surface area contributed by atoms with Crippen molar-refractivity contribution in [2.75, 3.05) is 0 Å². The predicted octanol–water partition coefficient (Wildman–Crippen LogP) is 5.35. The van der Waals surface area contributed by atoms with Crippen molar-refractivity contribution in [1.29, 1.82) is 0 Å². The van der Waals surface area contributed by atoms with Crippen molar-refractivity contribution in [3.63, 3.8) is 0 Å². The van der Waals surface area contributed by atoms with Crippen LogP contribution in [0.4, 0.5) is 0 Å². The molecular formula is C14H24S. The van der Waals surface area contributed by atoms with Gasteiger partial charge in [-0.1, -0.05) is 45.4 Å². The molecule has 1 heterocycles. The molecule has 15 heavy (non-hydrogen) atoms. The zero-order chi connectivity index (χ0) is 10.9. The van der Waals surface area contributed by atoms with E-state index in [-0.39, 0.29) is 0 Å². The monoisotopic (exact) mass is 224 g/mol. The van der Waals surface area contributed by atoms with Gasteiger partial charge in [-0.2, -0.15) is 11.3 Å². The van der Waals surface area contributed by atoms with Crippen molar-refractivity contribution >= 4 is 11.3 Å². The maximum atomic E-state index is 2.31. The van der Waals surface area contributed by atoms with Crippen molar-refractivity contribution in [2.45, 2.75) is 65.2 Å². The van der Waals surface area contributed by atoms with E-state index in [1.165, 1.54) is 56.9 Å². The van der Waals surface area contributed by atoms with E-state index in [1.807, 2.05) is 11.3 Å². The fourth-order valence-corrected chi connectivity index (χ4v) is 2.81. The summed E-state index contributed by atoms with van der Waals surface area (Å²) in [5, 5.41) is 4.57. The quantitative estimate of drug-likeness (QED) is 0.522. The van der Waals surface area contributed by atoms with Gasteiger partial charge < -0.3 is 0 Å². The molecule has 1 aromatic heterocycles. The molecule has 1 aromatic rings. The van der Waals surface area contributed by atoms with Crippen LogP contribution in [-0.2, 0) is 6.42 Å². The molecule has 0 unspecified atom stereocenters. The van der Waals surface area contributed by atoms with Gasteiger partial charge >= 0.3 is 0 Å². The Kier molecular flexibility index (Phi) is 6.74. The standard InChI is InChI=1S/C14H24S/c1-3-4-5-6-7-8-9-10-14-12-15-11-13(14)2/h11-12H,3-10H2,1-2H3. The number of thiophene rings is 1. The number of rotatable bonds is 8. The van der Waals surface area contributed by atoms with Crippen LogP contribution in [0.25, 0.3) is 0 Å². The number of unbranched alkanes of at least 4 members (excludes halogenated alkanes) is 6. The summed E-state index contributed by atoms with van der Waals surface area (Å²) in [6, 6.07) is 0. The molecule has 0 radical (unpaired) electrons. The molecule has 1 heteroatoms. The highest BCUT2D eigenvalue weighted by Gasteiger charge is 1.98. The second kappa shape index (κ2) is 7.92. The largest absolute Gasteiger partial charge is 0.152 e. The second-order valence-corrected chi connectivity index (χ2v) is 5.19. The third-order valence-corrected chi connectivity index (χ3v) is 3.92. The van der Waals surface area contributed by atoms with Crippen LogP contribution in [0.15, 0.2) is 10.8 Å². The summed E-state index contributed by atoms with van der Waals surface area (Å²) in [5.74, 6) is 0. The minimum atomic E-state index is 1.29. The second-order valence-electron chi connectivity index (χ2n) is 4.45. The van der Waals surface area contributed by atoms with Gasteiger partial charge in [0.15, 0.2) is 0 Å². The van der Waals surface area contributed by atoms with Gasteiger partial charge in [-0.3, -0.25) is 0 Å². The predicted molar refractivity (Wildman–Crippen MR) is 70.8 cm³/mol. The Morgan fingerprint density at radius 2 is 1.60 bits per heavy atom. The summed E-state index contributed by atoms with van der Waals surface area (Å²) in [6.07, 6.45) is 11.2. The zero-order valence-corrected chi connectivity index (χ0v) is 11.0. The molecule has 0 atom stereocenters. The van der Waals surface area contributed by atoms with Crippen molar-refractivity contribution in [3.8, 4) is 0 Å². The van der Waals surface area contributed by atoms with Crippen LogP contribution in [-0.4, -0.2) is 0 Å². The van der Waals surface area contributed by atoms with Crippen LogP contribution in [0.2, 0.25) is 0 Å². The molecule has 1 rings (SSSR count). The molecule has 0 saturated heterocycles. The molecule has 0 fully saturated rings. The molecule has 0 spiro atoms. The first kappa shape index (κ1) is 12.8. The van der Waals surface area contributed by atoms with Crippen LogP contribution in [0.5, 0.6) is 0 Å². The van der Waals surface area contributed by atoms with E-state index in [0.29, 0.717) is 0 Å². The van der Waals surface area contributed by atoms with Crippen molar-refractivity contribution in [2.24, 2.45) is 0 Å². The third kappa shape index (κ3) is 5.36. The summed E-state index contributed by atoms with van der Waals surface area (Å²) in [6.45, 7) is 4.51. The molecule has 0 aliphatic rings. The molecule has 0 nitrogen and oxygen atoms in total. The lowest BCUT2D eigenvalue weighted by Crippen LogP contribution is -1.86. The van der Waals surface area contributed by atoms with E-state index in [0.717, 1.165) is 0 Å². The highest BCUT2D eigenvalue weighted by Crippen LogP contribution is 2.17. The molecular weight excluding hydrogens is 200 g/mol. The third-order valence-electron chi connectivity index (χ3n) is 3.01. The maximum Gasteiger partial charge on any atom is -0.00585 e. The Bertz CT molecular complexity index is 250. The molecule has 0 amide bonds. The normalized spacial score (nSPS) is 10.8. The van der Waals surface area contributed by atoms with E-state index >= 15 is 0 Å². The Balaban J connectivity index is 1.96. The zero-order valence-electron chi connectivity index (χ0n) is 10.2. The molecule has 0 N–H and O–H groups in total. The first-order valence-electron chi connectivity index (χ1n) is 6.36. The van der Waals surface area contributed by atoms with Gasteiger partial charge in [0.1, 0.15) is 0 Å². The van der Waals surface area contributed by atoms with Crippen LogP contribution in [0.3, 0.4) is 0 Å². The maximum absolute atomic E-state index is 2.31. The van der Waals surface area contributed by atoms with Gasteiger partial charge in [0.25, 0.3) is 0 Å². The van der Waals surface area contributed by atoms with E-state index in [9.17, 15) is 0 Å². The van der Waals surface area contributed by atoms with Crippen LogP contribution < -0.4 is 0 Å². The molecule has 0 aliphatic heterocycles. The fourth-order valence-electron chi connectivity index (χ4n) is 1.92. The van der Waals surface area contributed by atoms with Gasteiger partial charge in [0.05, 0.1) is 0 Å². The van der Waals surface area contributed by atoms with Crippen LogP contribution in [0.1, 0.15) is 63.0 Å². The smallest absolute Gasteiger partial charge is 0.00585 e. The first-order chi connectivity index (χ1) is 7.34. The minimum absolute atomic E-state index is 1.29. The molecule has 86 valence electrons. The SMILES string of the molecule is CCCCCCCCCc1cscc1C. The average molecular weight is 224 g/mol. The Hall–Kier alpha value is -0.300. The van der Waals surface area contributed by atoms with Gasteiger partial charge in [0.2, 0.25) is 0 Å². The topological polar surface area (TPSA) is 0 Å². The Morgan fingerprint density at radius 3 is 2.20 bits per heavy atom. The van der Waals surface area contributed by atoms with Gasteiger partial charge in [-0.25, -0.2) is 0 Å². The minimum Gasteiger partial charge on any atom is -0.152 e. The summed E-state index contributed by atoms with van der Waals surface area (Å²) < 4.78 is 0. The van der Waals surface area contributed by atoms with Crippen LogP contribution in [0, 0.1) is 6.92 Å². The molecule has 0 aromatic carbocycles. The average Bonchev–Trinajstić information content (AvgIpc) is 2.63. The highest BCUT2D eigenvalue weighted by atomic mass is 32.1. The van der Waals surface area contributed by atoms with Crippen molar-refractivity contribution in [3.05, 3.63) is 21.9 Å². The van der Waals surface area contributed by atoms with Crippen molar-refractivity contribution in [1.82, 2.24) is 0 Å².